The summed E-state index contributed by atoms with van der Waals surface area (Å²) >= 11 is 6.00. The van der Waals surface area contributed by atoms with E-state index in [0.717, 1.165) is 0 Å². The van der Waals surface area contributed by atoms with Crippen LogP contribution in [0.15, 0.2) is 54.6 Å². The Morgan fingerprint density at radius 1 is 1.16 bits per heavy atom. The first-order valence-electron chi connectivity index (χ1n) is 8.07. The van der Waals surface area contributed by atoms with Gasteiger partial charge in [-0.15, -0.1) is 5.10 Å². The Bertz CT molecular complexity index is 876. The molecule has 0 saturated carbocycles. The second-order valence-electron chi connectivity index (χ2n) is 5.93. The van der Waals surface area contributed by atoms with Gasteiger partial charge >= 0.3 is 0 Å². The molecule has 2 aromatic carbocycles. The lowest BCUT2D eigenvalue weighted by Gasteiger charge is -2.12. The summed E-state index contributed by atoms with van der Waals surface area (Å²) in [6.45, 7) is 4.38. The molecule has 3 rings (SSSR count). The molecule has 1 heterocycles. The second kappa shape index (κ2) is 7.49. The van der Waals surface area contributed by atoms with Gasteiger partial charge in [0.15, 0.2) is 5.69 Å². The van der Waals surface area contributed by atoms with Gasteiger partial charge in [-0.2, -0.15) is 9.90 Å². The normalized spacial score (nSPS) is 12.0. The highest BCUT2D eigenvalue weighted by molar-refractivity contribution is 6.30. The Morgan fingerprint density at radius 2 is 1.92 bits per heavy atom. The Hall–Kier alpha value is -2.66. The van der Waals surface area contributed by atoms with Crippen LogP contribution in [0.5, 0.6) is 0 Å². The van der Waals surface area contributed by atoms with Crippen LogP contribution in [-0.4, -0.2) is 27.4 Å². The number of aromatic nitrogens is 3. The summed E-state index contributed by atoms with van der Waals surface area (Å²) in [7, 11) is 0. The number of hydrogen-bond donors (Lipinski definition) is 1. The number of carbonyl (C=O) groups is 1. The van der Waals surface area contributed by atoms with Crippen LogP contribution in [-0.2, 0) is 0 Å². The molecular formula is C19H19ClN4O. The molecule has 0 aliphatic carbocycles. The van der Waals surface area contributed by atoms with Crippen molar-refractivity contribution in [2.75, 3.05) is 6.54 Å². The third-order valence-corrected chi connectivity index (χ3v) is 4.21. The van der Waals surface area contributed by atoms with E-state index < -0.39 is 0 Å². The molecule has 1 atom stereocenters. The summed E-state index contributed by atoms with van der Waals surface area (Å²) in [4.78, 5) is 13.9. The zero-order valence-corrected chi connectivity index (χ0v) is 14.9. The molecule has 5 nitrogen and oxygen atoms in total. The van der Waals surface area contributed by atoms with Crippen molar-refractivity contribution in [3.63, 3.8) is 0 Å². The van der Waals surface area contributed by atoms with Gasteiger partial charge in [-0.25, -0.2) is 0 Å². The molecule has 6 heteroatoms. The monoisotopic (exact) mass is 354 g/mol. The highest BCUT2D eigenvalue weighted by atomic mass is 35.5. The van der Waals surface area contributed by atoms with Gasteiger partial charge in [-0.05, 0) is 36.6 Å². The Kier molecular flexibility index (Phi) is 5.14. The van der Waals surface area contributed by atoms with Crippen LogP contribution >= 0.6 is 11.6 Å². The van der Waals surface area contributed by atoms with Crippen molar-refractivity contribution in [3.8, 4) is 5.69 Å². The average Bonchev–Trinajstić information content (AvgIpc) is 3.02. The van der Waals surface area contributed by atoms with E-state index in [4.69, 9.17) is 11.6 Å². The van der Waals surface area contributed by atoms with E-state index in [2.05, 4.69) is 34.6 Å². The topological polar surface area (TPSA) is 59.8 Å². The molecule has 25 heavy (non-hydrogen) atoms. The van der Waals surface area contributed by atoms with Crippen LogP contribution in [0.4, 0.5) is 0 Å². The molecule has 0 radical (unpaired) electrons. The number of nitrogens with zero attached hydrogens (tertiary/aromatic N) is 3. The maximum Gasteiger partial charge on any atom is 0.273 e. The summed E-state index contributed by atoms with van der Waals surface area (Å²) in [6, 6.07) is 17.3. The van der Waals surface area contributed by atoms with E-state index in [1.54, 1.807) is 19.1 Å². The first kappa shape index (κ1) is 17.2. The zero-order valence-electron chi connectivity index (χ0n) is 14.1. The van der Waals surface area contributed by atoms with Gasteiger partial charge in [-0.1, -0.05) is 54.9 Å². The third kappa shape index (κ3) is 4.06. The molecule has 1 N–H and O–H groups in total. The highest BCUT2D eigenvalue weighted by Crippen LogP contribution is 2.15. The van der Waals surface area contributed by atoms with Gasteiger partial charge < -0.3 is 5.32 Å². The summed E-state index contributed by atoms with van der Waals surface area (Å²) in [6.07, 6.45) is 0. The van der Waals surface area contributed by atoms with Crippen molar-refractivity contribution in [2.24, 2.45) is 0 Å². The fourth-order valence-electron chi connectivity index (χ4n) is 2.53. The minimum atomic E-state index is -0.228. The molecule has 0 spiro atoms. The number of aryl methyl sites for hydroxylation is 1. The summed E-state index contributed by atoms with van der Waals surface area (Å²) in [5.41, 5.74) is 2.79. The van der Waals surface area contributed by atoms with Crippen LogP contribution in [0.3, 0.4) is 0 Å². The highest BCUT2D eigenvalue weighted by Gasteiger charge is 2.17. The van der Waals surface area contributed by atoms with Crippen molar-refractivity contribution in [1.29, 1.82) is 0 Å². The van der Waals surface area contributed by atoms with Crippen molar-refractivity contribution < 1.29 is 4.79 Å². The van der Waals surface area contributed by atoms with Gasteiger partial charge in [0.1, 0.15) is 0 Å². The predicted molar refractivity (Wildman–Crippen MR) is 98.3 cm³/mol. The quantitative estimate of drug-likeness (QED) is 0.758. The molecule has 0 aliphatic rings. The van der Waals surface area contributed by atoms with Crippen LogP contribution in [0.25, 0.3) is 5.69 Å². The van der Waals surface area contributed by atoms with Gasteiger partial charge in [0.05, 0.1) is 11.4 Å². The summed E-state index contributed by atoms with van der Waals surface area (Å²) in [5, 5.41) is 12.1. The lowest BCUT2D eigenvalue weighted by atomic mass is 10.0. The first-order chi connectivity index (χ1) is 12.0. The van der Waals surface area contributed by atoms with Crippen LogP contribution in [0.1, 0.15) is 34.6 Å². The van der Waals surface area contributed by atoms with E-state index in [1.807, 2.05) is 30.3 Å². The number of carbonyl (C=O) groups excluding carboxylic acids is 1. The zero-order chi connectivity index (χ0) is 17.8. The third-order valence-electron chi connectivity index (χ3n) is 3.97. The minimum Gasteiger partial charge on any atom is -0.350 e. The largest absolute Gasteiger partial charge is 0.350 e. The van der Waals surface area contributed by atoms with Crippen molar-refractivity contribution in [2.45, 2.75) is 19.8 Å². The Labute approximate surface area is 151 Å². The number of halogens is 1. The number of amides is 1. The van der Waals surface area contributed by atoms with Crippen molar-refractivity contribution in [3.05, 3.63) is 76.6 Å². The molecular weight excluding hydrogens is 336 g/mol. The average molecular weight is 355 g/mol. The maximum absolute atomic E-state index is 12.5. The Morgan fingerprint density at radius 3 is 2.64 bits per heavy atom. The van der Waals surface area contributed by atoms with Gasteiger partial charge in [0.2, 0.25) is 0 Å². The number of nitrogens with one attached hydrogen (secondary N) is 1. The molecule has 0 bridgehead atoms. The van der Waals surface area contributed by atoms with E-state index in [0.29, 0.717) is 28.6 Å². The second-order valence-corrected chi connectivity index (χ2v) is 6.36. The van der Waals surface area contributed by atoms with E-state index in [-0.39, 0.29) is 11.8 Å². The predicted octanol–water partition coefficient (Wildman–Crippen LogP) is 3.76. The fourth-order valence-corrected chi connectivity index (χ4v) is 2.72. The SMILES string of the molecule is Cc1nn(-c2cccc(Cl)c2)nc1C(=O)NC[C@H](C)c1ccccc1. The standard InChI is InChI=1S/C19H19ClN4O/c1-13(15-7-4-3-5-8-15)12-21-19(25)18-14(2)22-24(23-18)17-10-6-9-16(20)11-17/h3-11,13H,12H2,1-2H3,(H,21,25)/t13-/m0/s1. The first-order valence-corrected chi connectivity index (χ1v) is 8.45. The number of rotatable bonds is 5. The molecule has 1 aromatic heterocycles. The summed E-state index contributed by atoms with van der Waals surface area (Å²) < 4.78 is 0. The minimum absolute atomic E-state index is 0.216. The van der Waals surface area contributed by atoms with Gasteiger partial charge in [-0.3, -0.25) is 4.79 Å². The van der Waals surface area contributed by atoms with E-state index in [1.165, 1.54) is 10.4 Å². The van der Waals surface area contributed by atoms with E-state index >= 15 is 0 Å². The Balaban J connectivity index is 1.70. The smallest absolute Gasteiger partial charge is 0.273 e. The van der Waals surface area contributed by atoms with Crippen LogP contribution in [0, 0.1) is 6.92 Å². The molecule has 3 aromatic rings. The molecule has 128 valence electrons. The van der Waals surface area contributed by atoms with Crippen molar-refractivity contribution in [1.82, 2.24) is 20.3 Å². The number of benzene rings is 2. The lowest BCUT2D eigenvalue weighted by Crippen LogP contribution is -2.28. The molecule has 0 aliphatic heterocycles. The molecule has 0 fully saturated rings. The lowest BCUT2D eigenvalue weighted by molar-refractivity contribution is 0.0945. The maximum atomic E-state index is 12.5. The van der Waals surface area contributed by atoms with Crippen molar-refractivity contribution >= 4 is 17.5 Å². The molecule has 0 saturated heterocycles. The van der Waals surface area contributed by atoms with Crippen LogP contribution in [0.2, 0.25) is 5.02 Å². The number of hydrogen-bond acceptors (Lipinski definition) is 3. The fraction of sp³-hybridized carbons (Fsp3) is 0.211. The van der Waals surface area contributed by atoms with Crippen LogP contribution < -0.4 is 5.32 Å². The molecule has 1 amide bonds. The van der Waals surface area contributed by atoms with Gasteiger partial charge in [0.25, 0.3) is 5.91 Å². The molecule has 0 unspecified atom stereocenters. The van der Waals surface area contributed by atoms with E-state index in [9.17, 15) is 4.79 Å². The van der Waals surface area contributed by atoms with Gasteiger partial charge in [0, 0.05) is 11.6 Å². The summed E-state index contributed by atoms with van der Waals surface area (Å²) in [5.74, 6) is -0.0120.